The summed E-state index contributed by atoms with van der Waals surface area (Å²) in [5.41, 5.74) is 18.6. The van der Waals surface area contributed by atoms with Crippen molar-refractivity contribution >= 4 is 88.8 Å². The highest BCUT2D eigenvalue weighted by atomic mass is 16.4. The number of rotatable bonds is 47. The molecule has 2 aromatic carbocycles. The quantitative estimate of drug-likeness (QED) is 0.0219. The number of nitrogens with one attached hydrogen (secondary N) is 12. The topological polar surface area (TPSA) is 583 Å². The number of aliphatic hydroxyl groups excluding tert-OH is 2. The summed E-state index contributed by atoms with van der Waals surface area (Å²) >= 11 is 0. The third kappa shape index (κ3) is 31.6. The van der Waals surface area contributed by atoms with E-state index in [0.717, 1.165) is 5.56 Å². The second-order valence-corrected chi connectivity index (χ2v) is 27.2. The molecule has 105 heavy (non-hydrogen) atoms. The molecule has 36 heteroatoms. The minimum absolute atomic E-state index is 0.0269. The van der Waals surface area contributed by atoms with Crippen molar-refractivity contribution in [2.24, 2.45) is 40.9 Å². The second kappa shape index (κ2) is 45.5. The molecule has 0 radical (unpaired) electrons. The average Bonchev–Trinajstić information content (AvgIpc) is 1.71. The fourth-order valence-corrected chi connectivity index (χ4v) is 11.2. The molecule has 0 bridgehead atoms. The smallest absolute Gasteiger partial charge is 0.326 e. The van der Waals surface area contributed by atoms with Crippen LogP contribution in [0.4, 0.5) is 0 Å². The van der Waals surface area contributed by atoms with E-state index in [1.807, 2.05) is 0 Å². The molecule has 3 rings (SSSR count). The molecule has 1 heterocycles. The third-order valence-corrected chi connectivity index (χ3v) is 17.1. The van der Waals surface area contributed by atoms with Gasteiger partial charge >= 0.3 is 17.9 Å². The first kappa shape index (κ1) is 89.5. The van der Waals surface area contributed by atoms with Gasteiger partial charge in [-0.15, -0.1) is 0 Å². The Morgan fingerprint density at radius 1 is 0.505 bits per heavy atom. The van der Waals surface area contributed by atoms with E-state index in [4.69, 9.17) is 17.2 Å². The molecular formula is C69H108N16O20. The predicted molar refractivity (Wildman–Crippen MR) is 379 cm³/mol. The maximum Gasteiger partial charge on any atom is 0.326 e. The van der Waals surface area contributed by atoms with Crippen molar-refractivity contribution in [2.45, 2.75) is 211 Å². The average molecular weight is 1480 g/mol. The molecule has 0 aliphatic carbocycles. The highest BCUT2D eigenvalue weighted by Crippen LogP contribution is 2.22. The van der Waals surface area contributed by atoms with E-state index >= 15 is 0 Å². The number of carbonyl (C=O) groups excluding carboxylic acids is 12. The lowest BCUT2D eigenvalue weighted by atomic mass is 9.96. The first-order valence-electron chi connectivity index (χ1n) is 35.1. The molecule has 12 amide bonds. The molecule has 1 fully saturated rings. The summed E-state index contributed by atoms with van der Waals surface area (Å²) in [5.74, 6) is -17.6. The summed E-state index contributed by atoms with van der Waals surface area (Å²) in [6, 6.07) is -1.07. The normalized spacial score (nSPS) is 16.2. The molecule has 0 aromatic heterocycles. The van der Waals surface area contributed by atoms with Crippen LogP contribution in [-0.2, 0) is 84.8 Å². The lowest BCUT2D eigenvalue weighted by Crippen LogP contribution is -2.61. The monoisotopic (exact) mass is 1480 g/mol. The van der Waals surface area contributed by atoms with Crippen LogP contribution < -0.4 is 81.0 Å². The van der Waals surface area contributed by atoms with Gasteiger partial charge in [0.15, 0.2) is 0 Å². The summed E-state index contributed by atoms with van der Waals surface area (Å²) in [6.45, 7) is 10.8. The summed E-state index contributed by atoms with van der Waals surface area (Å²) < 4.78 is 0. The fourth-order valence-electron chi connectivity index (χ4n) is 11.2. The summed E-state index contributed by atoms with van der Waals surface area (Å²) in [6.07, 6.45) is -3.11. The summed E-state index contributed by atoms with van der Waals surface area (Å²) in [5, 5.41) is 79.5. The van der Waals surface area contributed by atoms with Crippen LogP contribution in [0.3, 0.4) is 0 Å². The van der Waals surface area contributed by atoms with Crippen molar-refractivity contribution in [2.75, 3.05) is 32.8 Å². The number of hydrogen-bond donors (Lipinski definition) is 20. The minimum Gasteiger partial charge on any atom is -0.481 e. The Balaban J connectivity index is 1.81. The van der Waals surface area contributed by atoms with Gasteiger partial charge in [-0.05, 0) is 92.7 Å². The number of carboxylic acid groups (broad SMARTS) is 3. The van der Waals surface area contributed by atoms with Crippen LogP contribution in [-0.4, -0.2) is 231 Å². The van der Waals surface area contributed by atoms with Crippen molar-refractivity contribution in [3.8, 4) is 0 Å². The molecule has 1 aliphatic heterocycles. The van der Waals surface area contributed by atoms with Crippen molar-refractivity contribution in [1.82, 2.24) is 68.7 Å². The third-order valence-electron chi connectivity index (χ3n) is 17.1. The maximum absolute atomic E-state index is 14.6. The van der Waals surface area contributed by atoms with Gasteiger partial charge in [-0.1, -0.05) is 122 Å². The molecule has 0 saturated carbocycles. The van der Waals surface area contributed by atoms with Crippen LogP contribution >= 0.6 is 0 Å². The zero-order valence-electron chi connectivity index (χ0n) is 60.6. The number of benzene rings is 2. The van der Waals surface area contributed by atoms with Gasteiger partial charge in [-0.2, -0.15) is 0 Å². The Kier molecular flexibility index (Phi) is 38.7. The zero-order valence-corrected chi connectivity index (χ0v) is 60.6. The van der Waals surface area contributed by atoms with Crippen molar-refractivity contribution < 1.29 is 97.5 Å². The lowest BCUT2D eigenvalue weighted by molar-refractivity contribution is -0.143. The van der Waals surface area contributed by atoms with E-state index in [-0.39, 0.29) is 76.3 Å². The van der Waals surface area contributed by atoms with Crippen LogP contribution in [0.25, 0.3) is 0 Å². The molecule has 0 unspecified atom stereocenters. The van der Waals surface area contributed by atoms with E-state index < -0.39 is 218 Å². The Morgan fingerprint density at radius 3 is 1.51 bits per heavy atom. The Morgan fingerprint density at radius 2 is 0.981 bits per heavy atom. The Hall–Kier alpha value is -9.75. The molecule has 1 saturated heterocycles. The van der Waals surface area contributed by atoms with Gasteiger partial charge in [-0.3, -0.25) is 72.4 Å². The number of carbonyl (C=O) groups is 15. The van der Waals surface area contributed by atoms with Gasteiger partial charge in [0.2, 0.25) is 70.9 Å². The van der Waals surface area contributed by atoms with Gasteiger partial charge in [0.25, 0.3) is 0 Å². The SMILES string of the molecule is CC[C@H](C)[C@H](NC(=O)[C@H](CO)NC(=O)[C@@H](N)Cc1ccccc1)C(=O)N[C@H](C(=O)NCC(=O)N[C@@H](CO)C(=O)N[C@@H](CC(C)C)C(=O)N1CCC[C@H]1C(=O)N[C@@H](CCCNC(N)N)C(=O)N[C@@H](CC(=O)O)C(=O)N[C@@H](Cc1ccccc1)C(=O)N[C@@H](CCC(=O)O)C(=O)N[C@@H](CC(C)C)C(=O)O)C(C)C. The van der Waals surface area contributed by atoms with Crippen molar-refractivity contribution in [3.63, 3.8) is 0 Å². The lowest BCUT2D eigenvalue weighted by Gasteiger charge is -2.31. The highest BCUT2D eigenvalue weighted by molar-refractivity contribution is 6.00. The standard InChI is InChI=1S/C69H108N16O20/c1-9-39(8)56(84-63(99)50(35-87)82-57(93)42(70)30-40-18-12-10-13-19-40)66(102)83-55(38(6)7)65(101)74-33-52(88)75-49(34-86)62(98)80-47(28-36(2)3)67(103)85-27-17-23-51(85)64(100)77-43(22-16-26-73-69(71)72)58(94)79-46(32-54(91)92)61(97)78-45(31-41-20-14-11-15-21-41)60(96)76-44(24-25-53(89)90)59(95)81-48(68(104)105)29-37(4)5/h10-15,18-21,36-39,42-51,55-56,69,73,86-87H,9,16-17,22-35,70-72H2,1-8H3,(H,74,101)(H,75,88)(H,76,96)(H,77,100)(H,78,97)(H,79,94)(H,80,98)(H,81,95)(H,82,93)(H,83,102)(H,84,99)(H,89,90)(H,91,92)(H,104,105)/t39-,42-,43-,44-,45-,46-,47-,48-,49-,50-,51-,55-,56-/m0/s1. The molecule has 1 aliphatic rings. The number of hydrogen-bond acceptors (Lipinski definition) is 21. The number of likely N-dealkylation sites (tertiary alicyclic amines) is 1. The van der Waals surface area contributed by atoms with Gasteiger partial charge < -0.3 is 106 Å². The summed E-state index contributed by atoms with van der Waals surface area (Å²) in [7, 11) is 0. The van der Waals surface area contributed by atoms with E-state index in [1.165, 1.54) is 4.90 Å². The molecule has 0 spiro atoms. The van der Waals surface area contributed by atoms with Crippen molar-refractivity contribution in [3.05, 3.63) is 71.8 Å². The number of amides is 12. The number of aliphatic hydroxyl groups is 2. The van der Waals surface area contributed by atoms with Gasteiger partial charge in [0.05, 0.1) is 32.2 Å². The van der Waals surface area contributed by atoms with E-state index in [0.29, 0.717) is 12.0 Å². The number of aliphatic carboxylic acids is 3. The Labute approximate surface area is 609 Å². The molecule has 13 atom stereocenters. The largest absolute Gasteiger partial charge is 0.481 e. The van der Waals surface area contributed by atoms with E-state index in [9.17, 15) is 97.5 Å². The van der Waals surface area contributed by atoms with Crippen molar-refractivity contribution in [1.29, 1.82) is 0 Å². The van der Waals surface area contributed by atoms with E-state index in [2.05, 4.69) is 63.8 Å². The number of carboxylic acids is 3. The van der Waals surface area contributed by atoms with Crippen LogP contribution in [0.2, 0.25) is 0 Å². The van der Waals surface area contributed by atoms with Crippen LogP contribution in [0.5, 0.6) is 0 Å². The minimum atomic E-state index is -1.98. The first-order chi connectivity index (χ1) is 49.5. The molecule has 2 aromatic rings. The molecule has 23 N–H and O–H groups in total. The van der Waals surface area contributed by atoms with Crippen LogP contribution in [0.15, 0.2) is 60.7 Å². The van der Waals surface area contributed by atoms with Crippen LogP contribution in [0.1, 0.15) is 131 Å². The molecular weight excluding hydrogens is 1370 g/mol. The molecule has 584 valence electrons. The number of nitrogens with two attached hydrogens (primary N) is 3. The maximum atomic E-state index is 14.6. The first-order valence-corrected chi connectivity index (χ1v) is 35.1. The van der Waals surface area contributed by atoms with Crippen LogP contribution in [0, 0.1) is 23.7 Å². The zero-order chi connectivity index (χ0) is 78.8. The van der Waals surface area contributed by atoms with Gasteiger partial charge in [0, 0.05) is 19.4 Å². The highest BCUT2D eigenvalue weighted by Gasteiger charge is 2.42. The van der Waals surface area contributed by atoms with E-state index in [1.54, 1.807) is 116 Å². The predicted octanol–water partition coefficient (Wildman–Crippen LogP) is -4.47. The Bertz CT molecular complexity index is 3260. The number of nitrogens with zero attached hydrogens (tertiary/aromatic N) is 1. The summed E-state index contributed by atoms with van der Waals surface area (Å²) in [4.78, 5) is 204. The second-order valence-electron chi connectivity index (χ2n) is 27.2. The van der Waals surface area contributed by atoms with Gasteiger partial charge in [-0.25, -0.2) is 4.79 Å². The van der Waals surface area contributed by atoms with Gasteiger partial charge in [0.1, 0.15) is 72.7 Å². The molecule has 36 nitrogen and oxygen atoms in total. The fraction of sp³-hybridized carbons (Fsp3) is 0.609.